The summed E-state index contributed by atoms with van der Waals surface area (Å²) in [4.78, 5) is 12.3. The first kappa shape index (κ1) is 18.9. The SMILES string of the molecule is CCCCOc1ccc(C(=O)NC(=S)Nc2c(C)cccc2C)cc1. The molecule has 25 heavy (non-hydrogen) atoms. The Kier molecular flexibility index (Phi) is 6.95. The standard InChI is InChI=1S/C20H24N2O2S/c1-4-5-13-24-17-11-9-16(10-12-17)19(23)22-20(25)21-18-14(2)7-6-8-15(18)3/h6-12H,4-5,13H2,1-3H3,(H2,21,22,23,25). The van der Waals surface area contributed by atoms with Crippen molar-refractivity contribution >= 4 is 28.9 Å². The molecule has 5 heteroatoms. The Morgan fingerprint density at radius 2 is 1.72 bits per heavy atom. The van der Waals surface area contributed by atoms with Crippen LogP contribution in [0, 0.1) is 13.8 Å². The molecule has 0 aromatic heterocycles. The summed E-state index contributed by atoms with van der Waals surface area (Å²) in [5.74, 6) is 0.519. The highest BCUT2D eigenvalue weighted by Gasteiger charge is 2.10. The molecule has 0 aliphatic heterocycles. The number of ether oxygens (including phenoxy) is 1. The summed E-state index contributed by atoms with van der Waals surface area (Å²) in [5, 5.41) is 6.09. The average Bonchev–Trinajstić information content (AvgIpc) is 2.59. The summed E-state index contributed by atoms with van der Waals surface area (Å²) in [6.45, 7) is 6.80. The lowest BCUT2D eigenvalue weighted by Gasteiger charge is -2.14. The average molecular weight is 356 g/mol. The number of rotatable bonds is 6. The minimum atomic E-state index is -0.246. The zero-order chi connectivity index (χ0) is 18.2. The Morgan fingerprint density at radius 3 is 2.32 bits per heavy atom. The molecule has 0 bridgehead atoms. The normalized spacial score (nSPS) is 10.2. The van der Waals surface area contributed by atoms with Gasteiger partial charge >= 0.3 is 0 Å². The van der Waals surface area contributed by atoms with E-state index in [2.05, 4.69) is 17.6 Å². The van der Waals surface area contributed by atoms with Gasteiger partial charge in [0.2, 0.25) is 0 Å². The highest BCUT2D eigenvalue weighted by atomic mass is 32.1. The number of nitrogens with one attached hydrogen (secondary N) is 2. The molecule has 1 amide bonds. The van der Waals surface area contributed by atoms with Crippen molar-refractivity contribution in [1.29, 1.82) is 0 Å². The molecule has 2 aromatic carbocycles. The van der Waals surface area contributed by atoms with Gasteiger partial charge in [-0.15, -0.1) is 0 Å². The minimum Gasteiger partial charge on any atom is -0.494 e. The van der Waals surface area contributed by atoms with Gasteiger partial charge in [-0.1, -0.05) is 31.5 Å². The molecule has 0 unspecified atom stereocenters. The lowest BCUT2D eigenvalue weighted by molar-refractivity contribution is 0.0977. The van der Waals surface area contributed by atoms with Gasteiger partial charge in [-0.05, 0) is 67.9 Å². The fourth-order valence-electron chi connectivity index (χ4n) is 2.37. The highest BCUT2D eigenvalue weighted by molar-refractivity contribution is 7.80. The van der Waals surface area contributed by atoms with E-state index in [-0.39, 0.29) is 11.0 Å². The summed E-state index contributed by atoms with van der Waals surface area (Å²) in [6, 6.07) is 13.0. The Morgan fingerprint density at radius 1 is 1.08 bits per heavy atom. The predicted molar refractivity (Wildman–Crippen MR) is 106 cm³/mol. The van der Waals surface area contributed by atoms with Crippen LogP contribution in [0.1, 0.15) is 41.3 Å². The summed E-state index contributed by atoms with van der Waals surface area (Å²) < 4.78 is 5.60. The first-order valence-corrected chi connectivity index (χ1v) is 8.83. The van der Waals surface area contributed by atoms with Crippen LogP contribution in [0.25, 0.3) is 0 Å². The number of carbonyl (C=O) groups is 1. The number of benzene rings is 2. The monoisotopic (exact) mass is 356 g/mol. The van der Waals surface area contributed by atoms with Crippen molar-refractivity contribution in [2.75, 3.05) is 11.9 Å². The number of para-hydroxylation sites is 1. The van der Waals surface area contributed by atoms with Gasteiger partial charge in [0.25, 0.3) is 5.91 Å². The van der Waals surface area contributed by atoms with Crippen molar-refractivity contribution in [3.8, 4) is 5.75 Å². The Hall–Kier alpha value is -2.40. The Labute approximate surface area is 154 Å². The van der Waals surface area contributed by atoms with Crippen LogP contribution in [0.15, 0.2) is 42.5 Å². The molecule has 2 N–H and O–H groups in total. The van der Waals surface area contributed by atoms with Crippen molar-refractivity contribution < 1.29 is 9.53 Å². The summed E-state index contributed by atoms with van der Waals surface area (Å²) in [7, 11) is 0. The number of unbranched alkanes of at least 4 members (excludes halogenated alkanes) is 1. The minimum absolute atomic E-state index is 0.246. The van der Waals surface area contributed by atoms with E-state index in [9.17, 15) is 4.79 Å². The van der Waals surface area contributed by atoms with Crippen LogP contribution in [0.3, 0.4) is 0 Å². The van der Waals surface area contributed by atoms with Crippen molar-refractivity contribution in [2.45, 2.75) is 33.6 Å². The van der Waals surface area contributed by atoms with Gasteiger partial charge in [0, 0.05) is 11.3 Å². The maximum Gasteiger partial charge on any atom is 0.257 e. The number of hydrogen-bond donors (Lipinski definition) is 2. The predicted octanol–water partition coefficient (Wildman–Crippen LogP) is 4.61. The van der Waals surface area contributed by atoms with Gasteiger partial charge in [0.15, 0.2) is 5.11 Å². The second kappa shape index (κ2) is 9.18. The van der Waals surface area contributed by atoms with Gasteiger partial charge in [-0.2, -0.15) is 0 Å². The van der Waals surface area contributed by atoms with Gasteiger partial charge in [-0.3, -0.25) is 10.1 Å². The fourth-order valence-corrected chi connectivity index (χ4v) is 2.56. The van der Waals surface area contributed by atoms with E-state index < -0.39 is 0 Å². The third kappa shape index (κ3) is 5.57. The van der Waals surface area contributed by atoms with Crippen molar-refractivity contribution in [2.24, 2.45) is 0 Å². The number of amides is 1. The van der Waals surface area contributed by atoms with Gasteiger partial charge < -0.3 is 10.1 Å². The molecule has 0 aliphatic rings. The lowest BCUT2D eigenvalue weighted by atomic mass is 10.1. The second-order valence-corrected chi connectivity index (χ2v) is 6.31. The third-order valence-electron chi connectivity index (χ3n) is 3.83. The van der Waals surface area contributed by atoms with Crippen LogP contribution in [-0.2, 0) is 0 Å². The molecule has 0 saturated carbocycles. The Bertz CT molecular complexity index is 722. The van der Waals surface area contributed by atoms with E-state index in [1.54, 1.807) is 24.3 Å². The smallest absolute Gasteiger partial charge is 0.257 e. The van der Waals surface area contributed by atoms with E-state index in [4.69, 9.17) is 17.0 Å². The summed E-state index contributed by atoms with van der Waals surface area (Å²) in [5.41, 5.74) is 3.61. The van der Waals surface area contributed by atoms with Crippen LogP contribution < -0.4 is 15.4 Å². The molecule has 0 heterocycles. The Balaban J connectivity index is 1.93. The van der Waals surface area contributed by atoms with Gasteiger partial charge in [0.1, 0.15) is 5.75 Å². The molecule has 0 aliphatic carbocycles. The molecular formula is C20H24N2O2S. The number of hydrogen-bond acceptors (Lipinski definition) is 3. The van der Waals surface area contributed by atoms with Crippen LogP contribution in [0.5, 0.6) is 5.75 Å². The lowest BCUT2D eigenvalue weighted by Crippen LogP contribution is -2.34. The maximum atomic E-state index is 12.3. The highest BCUT2D eigenvalue weighted by Crippen LogP contribution is 2.19. The largest absolute Gasteiger partial charge is 0.494 e. The molecular weight excluding hydrogens is 332 g/mol. The third-order valence-corrected chi connectivity index (χ3v) is 4.03. The van der Waals surface area contributed by atoms with E-state index in [1.807, 2.05) is 32.0 Å². The number of aryl methyl sites for hydroxylation is 2. The number of thiocarbonyl (C=S) groups is 1. The fraction of sp³-hybridized carbons (Fsp3) is 0.300. The van der Waals surface area contributed by atoms with Crippen molar-refractivity contribution in [3.63, 3.8) is 0 Å². The second-order valence-electron chi connectivity index (χ2n) is 5.90. The van der Waals surface area contributed by atoms with Crippen LogP contribution in [0.4, 0.5) is 5.69 Å². The molecule has 0 radical (unpaired) electrons. The molecule has 0 atom stereocenters. The molecule has 132 valence electrons. The van der Waals surface area contributed by atoms with Crippen LogP contribution in [0.2, 0.25) is 0 Å². The van der Waals surface area contributed by atoms with Gasteiger partial charge in [0.05, 0.1) is 6.61 Å². The van der Waals surface area contributed by atoms with E-state index >= 15 is 0 Å². The first-order valence-electron chi connectivity index (χ1n) is 8.42. The summed E-state index contributed by atoms with van der Waals surface area (Å²) in [6.07, 6.45) is 2.10. The van der Waals surface area contributed by atoms with Gasteiger partial charge in [-0.25, -0.2) is 0 Å². The molecule has 2 rings (SSSR count). The number of anilines is 1. The quantitative estimate of drug-likeness (QED) is 0.586. The zero-order valence-corrected chi connectivity index (χ0v) is 15.7. The molecule has 2 aromatic rings. The number of carbonyl (C=O) groups excluding carboxylic acids is 1. The summed E-state index contributed by atoms with van der Waals surface area (Å²) >= 11 is 5.26. The molecule has 0 fully saturated rings. The van der Waals surface area contributed by atoms with E-state index in [0.29, 0.717) is 12.2 Å². The van der Waals surface area contributed by atoms with Crippen LogP contribution >= 0.6 is 12.2 Å². The van der Waals surface area contributed by atoms with E-state index in [1.165, 1.54) is 0 Å². The molecule has 0 spiro atoms. The van der Waals surface area contributed by atoms with Crippen molar-refractivity contribution in [1.82, 2.24) is 5.32 Å². The first-order chi connectivity index (χ1) is 12.0. The zero-order valence-electron chi connectivity index (χ0n) is 14.9. The maximum absolute atomic E-state index is 12.3. The topological polar surface area (TPSA) is 50.4 Å². The van der Waals surface area contributed by atoms with Crippen LogP contribution in [-0.4, -0.2) is 17.6 Å². The van der Waals surface area contributed by atoms with Crippen molar-refractivity contribution in [3.05, 3.63) is 59.2 Å². The molecule has 0 saturated heterocycles. The van der Waals surface area contributed by atoms with E-state index in [0.717, 1.165) is 35.4 Å². The molecule has 4 nitrogen and oxygen atoms in total.